The first-order chi connectivity index (χ1) is 13.3. The highest BCUT2D eigenvalue weighted by molar-refractivity contribution is 5.58. The van der Waals surface area contributed by atoms with E-state index in [0.29, 0.717) is 0 Å². The smallest absolute Gasteiger partial charge is 0.124 e. The predicted molar refractivity (Wildman–Crippen MR) is 114 cm³/mol. The molecule has 1 atom stereocenters. The highest BCUT2D eigenvalue weighted by Gasteiger charge is 2.15. The van der Waals surface area contributed by atoms with Gasteiger partial charge in [0, 0.05) is 18.3 Å². The van der Waals surface area contributed by atoms with Gasteiger partial charge in [0.1, 0.15) is 5.82 Å². The van der Waals surface area contributed by atoms with E-state index >= 15 is 0 Å². The summed E-state index contributed by atoms with van der Waals surface area (Å²) >= 11 is 0. The van der Waals surface area contributed by atoms with Gasteiger partial charge in [-0.25, -0.2) is 4.98 Å². The van der Waals surface area contributed by atoms with Crippen LogP contribution in [0.1, 0.15) is 62.0 Å². The van der Waals surface area contributed by atoms with Gasteiger partial charge in [-0.15, -0.1) is 0 Å². The quantitative estimate of drug-likeness (QED) is 0.423. The molecule has 1 aromatic heterocycles. The van der Waals surface area contributed by atoms with Crippen LogP contribution in [-0.4, -0.2) is 9.97 Å². The lowest BCUT2D eigenvalue weighted by atomic mass is 10.1. The molecule has 3 nitrogen and oxygen atoms in total. The summed E-state index contributed by atoms with van der Waals surface area (Å²) in [7, 11) is 0. The highest BCUT2D eigenvalue weighted by Crippen LogP contribution is 2.23. The van der Waals surface area contributed by atoms with Gasteiger partial charge in [-0.2, -0.15) is 0 Å². The first-order valence-electron chi connectivity index (χ1n) is 10.2. The van der Waals surface area contributed by atoms with Crippen LogP contribution in [0.2, 0.25) is 0 Å². The second-order valence-corrected chi connectivity index (χ2v) is 7.31. The molecule has 0 aliphatic heterocycles. The Bertz CT molecular complexity index is 790. The number of unbranched alkanes of at least 4 members (excludes halogenated alkanes) is 3. The molecule has 2 N–H and O–H groups in total. The van der Waals surface area contributed by atoms with E-state index in [1.807, 2.05) is 6.20 Å². The van der Waals surface area contributed by atoms with Crippen molar-refractivity contribution in [2.24, 2.45) is 0 Å². The van der Waals surface area contributed by atoms with E-state index in [0.717, 1.165) is 30.0 Å². The summed E-state index contributed by atoms with van der Waals surface area (Å²) in [5.41, 5.74) is 4.76. The molecule has 3 aromatic rings. The fourth-order valence-electron chi connectivity index (χ4n) is 3.33. The number of nitrogens with zero attached hydrogens (tertiary/aromatic N) is 1. The maximum absolute atomic E-state index is 4.90. The summed E-state index contributed by atoms with van der Waals surface area (Å²) in [4.78, 5) is 8.33. The van der Waals surface area contributed by atoms with Crippen molar-refractivity contribution in [2.45, 2.75) is 58.5 Å². The summed E-state index contributed by atoms with van der Waals surface area (Å²) < 4.78 is 0. The Morgan fingerprint density at radius 3 is 2.48 bits per heavy atom. The molecule has 0 saturated carbocycles. The largest absolute Gasteiger partial charge is 0.347 e. The van der Waals surface area contributed by atoms with E-state index in [4.69, 9.17) is 4.98 Å². The van der Waals surface area contributed by atoms with Crippen LogP contribution in [0.15, 0.2) is 60.8 Å². The zero-order chi connectivity index (χ0) is 18.9. The lowest BCUT2D eigenvalue weighted by molar-refractivity contribution is 0.453. The van der Waals surface area contributed by atoms with Crippen molar-refractivity contribution < 1.29 is 0 Å². The maximum Gasteiger partial charge on any atom is 0.124 e. The Morgan fingerprint density at radius 2 is 1.74 bits per heavy atom. The second-order valence-electron chi connectivity index (χ2n) is 7.31. The summed E-state index contributed by atoms with van der Waals surface area (Å²) in [6.45, 7) is 5.23. The van der Waals surface area contributed by atoms with Crippen molar-refractivity contribution in [2.75, 3.05) is 0 Å². The third-order valence-corrected chi connectivity index (χ3v) is 5.02. The number of benzene rings is 2. The van der Waals surface area contributed by atoms with Crippen molar-refractivity contribution in [1.29, 1.82) is 0 Å². The Balaban J connectivity index is 1.70. The van der Waals surface area contributed by atoms with Gasteiger partial charge in [-0.1, -0.05) is 92.8 Å². The number of imidazole rings is 1. The molecular weight excluding hydrogens is 330 g/mol. The molecule has 142 valence electrons. The Kier molecular flexibility index (Phi) is 7.23. The van der Waals surface area contributed by atoms with Gasteiger partial charge in [-0.3, -0.25) is 0 Å². The van der Waals surface area contributed by atoms with Crippen molar-refractivity contribution in [3.05, 3.63) is 77.7 Å². The van der Waals surface area contributed by atoms with E-state index in [2.05, 4.69) is 78.7 Å². The first kappa shape index (κ1) is 19.4. The average molecular weight is 362 g/mol. The molecule has 0 spiro atoms. The second kappa shape index (κ2) is 10.1. The van der Waals surface area contributed by atoms with Gasteiger partial charge >= 0.3 is 0 Å². The van der Waals surface area contributed by atoms with Gasteiger partial charge in [0.25, 0.3) is 0 Å². The Morgan fingerprint density at radius 1 is 0.963 bits per heavy atom. The van der Waals surface area contributed by atoms with Gasteiger partial charge in [0.2, 0.25) is 0 Å². The fourth-order valence-corrected chi connectivity index (χ4v) is 3.33. The van der Waals surface area contributed by atoms with Crippen LogP contribution < -0.4 is 5.32 Å². The van der Waals surface area contributed by atoms with Crippen LogP contribution in [0.3, 0.4) is 0 Å². The molecule has 0 aliphatic carbocycles. The van der Waals surface area contributed by atoms with Gasteiger partial charge in [-0.05, 0) is 18.9 Å². The highest BCUT2D eigenvalue weighted by atomic mass is 15.0. The SMILES string of the molecule is CCCCCC[C@H](NCc1ccccc1)c1nc(-c2ccc(C)cc2)c[nH]1. The lowest BCUT2D eigenvalue weighted by Gasteiger charge is -2.17. The predicted octanol–water partition coefficient (Wildman–Crippen LogP) is 6.19. The molecule has 3 rings (SSSR count). The normalized spacial score (nSPS) is 12.2. The van der Waals surface area contributed by atoms with Gasteiger partial charge in [0.05, 0.1) is 11.7 Å². The van der Waals surface area contributed by atoms with Crippen LogP contribution in [0.25, 0.3) is 11.3 Å². The Labute approximate surface area is 163 Å². The molecule has 0 unspecified atom stereocenters. The molecule has 0 radical (unpaired) electrons. The van der Waals surface area contributed by atoms with Crippen molar-refractivity contribution >= 4 is 0 Å². The molecule has 1 heterocycles. The number of hydrogen-bond acceptors (Lipinski definition) is 2. The van der Waals surface area contributed by atoms with Gasteiger partial charge < -0.3 is 10.3 Å². The summed E-state index contributed by atoms with van der Waals surface area (Å²) in [5, 5.41) is 3.71. The van der Waals surface area contributed by atoms with Gasteiger partial charge in [0.15, 0.2) is 0 Å². The molecule has 0 fully saturated rings. The Hall–Kier alpha value is -2.39. The lowest BCUT2D eigenvalue weighted by Crippen LogP contribution is -2.22. The zero-order valence-electron chi connectivity index (χ0n) is 16.5. The minimum absolute atomic E-state index is 0.251. The van der Waals surface area contributed by atoms with Crippen molar-refractivity contribution in [3.8, 4) is 11.3 Å². The number of aromatic nitrogens is 2. The van der Waals surface area contributed by atoms with E-state index in [1.165, 1.54) is 36.8 Å². The maximum atomic E-state index is 4.90. The van der Waals surface area contributed by atoms with E-state index < -0.39 is 0 Å². The monoisotopic (exact) mass is 361 g/mol. The first-order valence-corrected chi connectivity index (χ1v) is 10.2. The molecule has 27 heavy (non-hydrogen) atoms. The van der Waals surface area contributed by atoms with Crippen LogP contribution in [0, 0.1) is 6.92 Å². The number of aromatic amines is 1. The van der Waals surface area contributed by atoms with Crippen LogP contribution in [0.5, 0.6) is 0 Å². The zero-order valence-corrected chi connectivity index (χ0v) is 16.5. The van der Waals surface area contributed by atoms with E-state index in [-0.39, 0.29) is 6.04 Å². The number of rotatable bonds is 10. The van der Waals surface area contributed by atoms with Crippen LogP contribution >= 0.6 is 0 Å². The molecule has 0 amide bonds. The number of aryl methyl sites for hydroxylation is 1. The summed E-state index contributed by atoms with van der Waals surface area (Å²) in [6.07, 6.45) is 8.21. The minimum atomic E-state index is 0.251. The van der Waals surface area contributed by atoms with Crippen molar-refractivity contribution in [3.63, 3.8) is 0 Å². The third-order valence-electron chi connectivity index (χ3n) is 5.02. The standard InChI is InChI=1S/C24H31N3/c1-3-4-5-9-12-22(25-17-20-10-7-6-8-11-20)24-26-18-23(27-24)21-15-13-19(2)14-16-21/h6-8,10-11,13-16,18,22,25H,3-5,9,12,17H2,1-2H3,(H,26,27)/t22-/m0/s1. The molecule has 2 aromatic carbocycles. The number of hydrogen-bond donors (Lipinski definition) is 2. The fraction of sp³-hybridized carbons (Fsp3) is 0.375. The summed E-state index contributed by atoms with van der Waals surface area (Å²) in [5.74, 6) is 1.04. The molecule has 0 bridgehead atoms. The summed E-state index contributed by atoms with van der Waals surface area (Å²) in [6, 6.07) is 19.4. The number of H-pyrrole nitrogens is 1. The molecule has 0 saturated heterocycles. The van der Waals surface area contributed by atoms with Crippen LogP contribution in [0.4, 0.5) is 0 Å². The van der Waals surface area contributed by atoms with Crippen LogP contribution in [-0.2, 0) is 6.54 Å². The van der Waals surface area contributed by atoms with E-state index in [1.54, 1.807) is 0 Å². The minimum Gasteiger partial charge on any atom is -0.347 e. The molecular formula is C24H31N3. The molecule has 3 heteroatoms. The van der Waals surface area contributed by atoms with E-state index in [9.17, 15) is 0 Å². The third kappa shape index (κ3) is 5.80. The molecule has 0 aliphatic rings. The average Bonchev–Trinajstić information content (AvgIpc) is 3.19. The topological polar surface area (TPSA) is 40.7 Å². The number of nitrogens with one attached hydrogen (secondary N) is 2. The van der Waals surface area contributed by atoms with Crippen molar-refractivity contribution in [1.82, 2.24) is 15.3 Å².